The fourth-order valence-corrected chi connectivity index (χ4v) is 5.15. The second kappa shape index (κ2) is 7.91. The smallest absolute Gasteiger partial charge is 0.339 e. The number of methoxy groups -OCH3 is 1. The summed E-state index contributed by atoms with van der Waals surface area (Å²) < 4.78 is 38.4. The predicted molar refractivity (Wildman–Crippen MR) is 97.7 cm³/mol. The van der Waals surface area contributed by atoms with E-state index in [0.717, 1.165) is 0 Å². The SMILES string of the molecule is COC(=O)c1ccccc1N1CCOCC1S(=O)(=O)N1CCN(C)CC1. The Morgan fingerprint density at radius 3 is 2.54 bits per heavy atom. The van der Waals surface area contributed by atoms with Crippen molar-refractivity contribution in [1.82, 2.24) is 9.21 Å². The number of hydrogen-bond donors (Lipinski definition) is 0. The van der Waals surface area contributed by atoms with Crippen LogP contribution in [0.3, 0.4) is 0 Å². The maximum absolute atomic E-state index is 13.3. The van der Waals surface area contributed by atoms with Crippen molar-refractivity contribution in [2.75, 3.05) is 65.0 Å². The third-order valence-electron chi connectivity index (χ3n) is 4.87. The Morgan fingerprint density at radius 1 is 1.15 bits per heavy atom. The minimum Gasteiger partial charge on any atom is -0.465 e. The van der Waals surface area contributed by atoms with E-state index in [-0.39, 0.29) is 6.61 Å². The zero-order valence-electron chi connectivity index (χ0n) is 15.1. The number of piperazine rings is 1. The molecule has 1 aromatic carbocycles. The number of morpholine rings is 1. The number of anilines is 1. The highest BCUT2D eigenvalue weighted by Crippen LogP contribution is 2.28. The molecule has 2 saturated heterocycles. The number of para-hydroxylation sites is 1. The van der Waals surface area contributed by atoms with Gasteiger partial charge in [-0.05, 0) is 19.2 Å². The lowest BCUT2D eigenvalue weighted by atomic mass is 10.1. The number of carbonyl (C=O) groups excluding carboxylic acids is 1. The van der Waals surface area contributed by atoms with Gasteiger partial charge in [0.15, 0.2) is 5.37 Å². The fourth-order valence-electron chi connectivity index (χ4n) is 3.32. The third kappa shape index (κ3) is 3.71. The van der Waals surface area contributed by atoms with E-state index >= 15 is 0 Å². The summed E-state index contributed by atoms with van der Waals surface area (Å²) in [5.41, 5.74) is 0.917. The molecule has 3 rings (SSSR count). The molecule has 9 heteroatoms. The number of likely N-dealkylation sites (N-methyl/N-ethyl adjacent to an activating group) is 1. The van der Waals surface area contributed by atoms with Crippen molar-refractivity contribution >= 4 is 21.7 Å². The van der Waals surface area contributed by atoms with E-state index in [0.29, 0.717) is 50.6 Å². The Balaban J connectivity index is 1.93. The van der Waals surface area contributed by atoms with Gasteiger partial charge in [0.2, 0.25) is 10.0 Å². The largest absolute Gasteiger partial charge is 0.465 e. The molecule has 0 bridgehead atoms. The van der Waals surface area contributed by atoms with Crippen molar-refractivity contribution < 1.29 is 22.7 Å². The van der Waals surface area contributed by atoms with Gasteiger partial charge >= 0.3 is 5.97 Å². The van der Waals surface area contributed by atoms with Gasteiger partial charge in [-0.3, -0.25) is 0 Å². The summed E-state index contributed by atoms with van der Waals surface area (Å²) in [7, 11) is -0.304. The van der Waals surface area contributed by atoms with E-state index in [4.69, 9.17) is 9.47 Å². The monoisotopic (exact) mass is 383 g/mol. The molecular weight excluding hydrogens is 358 g/mol. The third-order valence-corrected chi connectivity index (χ3v) is 7.03. The number of carbonyl (C=O) groups is 1. The molecular formula is C17H25N3O5S. The second-order valence-electron chi connectivity index (χ2n) is 6.48. The molecule has 2 aliphatic heterocycles. The van der Waals surface area contributed by atoms with Gasteiger partial charge < -0.3 is 19.3 Å². The molecule has 1 atom stereocenters. The lowest BCUT2D eigenvalue weighted by molar-refractivity contribution is 0.0600. The molecule has 2 fully saturated rings. The van der Waals surface area contributed by atoms with Crippen LogP contribution < -0.4 is 4.90 Å². The van der Waals surface area contributed by atoms with E-state index < -0.39 is 21.4 Å². The molecule has 1 aromatic rings. The number of sulfonamides is 1. The predicted octanol–water partition coefficient (Wildman–Crippen LogP) is 0.213. The highest BCUT2D eigenvalue weighted by atomic mass is 32.2. The van der Waals surface area contributed by atoms with E-state index in [2.05, 4.69) is 4.90 Å². The zero-order chi connectivity index (χ0) is 18.7. The van der Waals surface area contributed by atoms with Gasteiger partial charge in [-0.25, -0.2) is 13.2 Å². The molecule has 0 aromatic heterocycles. The van der Waals surface area contributed by atoms with Crippen LogP contribution in [0.25, 0.3) is 0 Å². The van der Waals surface area contributed by atoms with Gasteiger partial charge in [-0.15, -0.1) is 0 Å². The zero-order valence-corrected chi connectivity index (χ0v) is 15.9. The number of esters is 1. The summed E-state index contributed by atoms with van der Waals surface area (Å²) in [6.45, 7) is 3.20. The van der Waals surface area contributed by atoms with Crippen LogP contribution in [0.5, 0.6) is 0 Å². The quantitative estimate of drug-likeness (QED) is 0.688. The van der Waals surface area contributed by atoms with Crippen molar-refractivity contribution in [3.05, 3.63) is 29.8 Å². The summed E-state index contributed by atoms with van der Waals surface area (Å²) in [6.07, 6.45) is 0. The number of nitrogens with zero attached hydrogens (tertiary/aromatic N) is 3. The van der Waals surface area contributed by atoms with Crippen LogP contribution in [-0.4, -0.2) is 89.1 Å². The topological polar surface area (TPSA) is 79.4 Å². The van der Waals surface area contributed by atoms with E-state index in [1.165, 1.54) is 11.4 Å². The van der Waals surface area contributed by atoms with E-state index in [9.17, 15) is 13.2 Å². The van der Waals surface area contributed by atoms with E-state index in [1.54, 1.807) is 29.2 Å². The second-order valence-corrected chi connectivity index (χ2v) is 8.57. The van der Waals surface area contributed by atoms with Crippen molar-refractivity contribution in [3.8, 4) is 0 Å². The van der Waals surface area contributed by atoms with Crippen molar-refractivity contribution in [2.45, 2.75) is 5.37 Å². The molecule has 8 nitrogen and oxygen atoms in total. The highest BCUT2D eigenvalue weighted by Gasteiger charge is 2.40. The van der Waals surface area contributed by atoms with Crippen molar-refractivity contribution in [2.24, 2.45) is 0 Å². The first-order chi connectivity index (χ1) is 12.4. The van der Waals surface area contributed by atoms with Gasteiger partial charge in [0.05, 0.1) is 31.6 Å². The van der Waals surface area contributed by atoms with Crippen LogP contribution in [0.1, 0.15) is 10.4 Å². The van der Waals surface area contributed by atoms with Crippen LogP contribution in [0, 0.1) is 0 Å². The van der Waals surface area contributed by atoms with Crippen molar-refractivity contribution in [1.29, 1.82) is 0 Å². The van der Waals surface area contributed by atoms with Gasteiger partial charge in [-0.1, -0.05) is 12.1 Å². The number of ether oxygens (including phenoxy) is 2. The first-order valence-electron chi connectivity index (χ1n) is 8.64. The van der Waals surface area contributed by atoms with E-state index in [1.807, 2.05) is 7.05 Å². The summed E-state index contributed by atoms with van der Waals surface area (Å²) in [5, 5.41) is -0.856. The lowest BCUT2D eigenvalue weighted by Crippen LogP contribution is -2.58. The minimum absolute atomic E-state index is 0.0736. The lowest BCUT2D eigenvalue weighted by Gasteiger charge is -2.41. The van der Waals surface area contributed by atoms with Gasteiger partial charge in [0.25, 0.3) is 0 Å². The maximum atomic E-state index is 13.3. The average Bonchev–Trinajstić information content (AvgIpc) is 2.67. The molecule has 2 aliphatic rings. The normalized spacial score (nSPS) is 23.0. The molecule has 0 aliphatic carbocycles. The van der Waals surface area contributed by atoms with Crippen LogP contribution in [0.2, 0.25) is 0 Å². The molecule has 0 amide bonds. The fraction of sp³-hybridized carbons (Fsp3) is 0.588. The average molecular weight is 383 g/mol. The Hall–Kier alpha value is -1.68. The summed E-state index contributed by atoms with van der Waals surface area (Å²) in [6, 6.07) is 6.93. The first-order valence-corrected chi connectivity index (χ1v) is 10.1. The molecule has 0 saturated carbocycles. The Labute approximate surface area is 154 Å². The summed E-state index contributed by atoms with van der Waals surface area (Å²) in [5.74, 6) is -0.483. The Kier molecular flexibility index (Phi) is 5.81. The van der Waals surface area contributed by atoms with Crippen LogP contribution in [0.4, 0.5) is 5.69 Å². The minimum atomic E-state index is -3.60. The molecule has 0 spiro atoms. The van der Waals surface area contributed by atoms with Gasteiger partial charge in [0, 0.05) is 32.7 Å². The van der Waals surface area contributed by atoms with Gasteiger partial charge in [-0.2, -0.15) is 4.31 Å². The van der Waals surface area contributed by atoms with Crippen LogP contribution in [0.15, 0.2) is 24.3 Å². The number of hydrogen-bond acceptors (Lipinski definition) is 7. The maximum Gasteiger partial charge on any atom is 0.339 e. The van der Waals surface area contributed by atoms with Crippen molar-refractivity contribution in [3.63, 3.8) is 0 Å². The standard InChI is InChI=1S/C17H25N3O5S/c1-18-7-9-19(10-8-18)26(22,23)16-13-25-12-11-20(16)15-6-4-3-5-14(15)17(21)24-2/h3-6,16H,7-13H2,1-2H3. The summed E-state index contributed by atoms with van der Waals surface area (Å²) >= 11 is 0. The molecule has 2 heterocycles. The van der Waals surface area contributed by atoms with Crippen LogP contribution in [-0.2, 0) is 19.5 Å². The van der Waals surface area contributed by atoms with Gasteiger partial charge in [0.1, 0.15) is 0 Å². The molecule has 0 N–H and O–H groups in total. The highest BCUT2D eigenvalue weighted by molar-refractivity contribution is 7.89. The first kappa shape index (κ1) is 19.1. The summed E-state index contributed by atoms with van der Waals surface area (Å²) in [4.78, 5) is 16.0. The van der Waals surface area contributed by atoms with Crippen LogP contribution >= 0.6 is 0 Å². The Morgan fingerprint density at radius 2 is 1.85 bits per heavy atom. The molecule has 144 valence electrons. The number of benzene rings is 1. The molecule has 26 heavy (non-hydrogen) atoms. The Bertz CT molecular complexity index is 747. The molecule has 1 unspecified atom stereocenters. The number of rotatable bonds is 4. The molecule has 0 radical (unpaired) electrons.